The van der Waals surface area contributed by atoms with Crippen LogP contribution in [0.1, 0.15) is 17.7 Å². The van der Waals surface area contributed by atoms with Crippen LogP contribution < -0.4 is 4.90 Å². The van der Waals surface area contributed by atoms with Crippen molar-refractivity contribution in [2.75, 3.05) is 31.1 Å². The molecule has 0 radical (unpaired) electrons. The van der Waals surface area contributed by atoms with Crippen molar-refractivity contribution in [2.24, 2.45) is 0 Å². The maximum Gasteiger partial charge on any atom is 0.253 e. The molecule has 2 aliphatic rings. The van der Waals surface area contributed by atoms with E-state index in [1.165, 1.54) is 11.2 Å². The van der Waals surface area contributed by atoms with E-state index >= 15 is 0 Å². The smallest absolute Gasteiger partial charge is 0.253 e. The van der Waals surface area contributed by atoms with E-state index in [9.17, 15) is 4.79 Å². The molecule has 0 saturated carbocycles. The van der Waals surface area contributed by atoms with E-state index < -0.39 is 0 Å². The zero-order chi connectivity index (χ0) is 16.4. The lowest BCUT2D eigenvalue weighted by molar-refractivity contribution is -0.144. The summed E-state index contributed by atoms with van der Waals surface area (Å²) in [4.78, 5) is 25.9. The highest BCUT2D eigenvalue weighted by Crippen LogP contribution is 2.33. The van der Waals surface area contributed by atoms with Crippen molar-refractivity contribution in [3.05, 3.63) is 41.1 Å². The van der Waals surface area contributed by atoms with E-state index in [0.29, 0.717) is 6.54 Å². The van der Waals surface area contributed by atoms with Gasteiger partial charge in [0, 0.05) is 24.5 Å². The Morgan fingerprint density at radius 2 is 2.04 bits per heavy atom. The molecule has 0 atom stereocenters. The van der Waals surface area contributed by atoms with Crippen LogP contribution in [0.2, 0.25) is 0 Å². The molecular formula is C17H20N4O2S. The molecule has 0 unspecified atom stereocenters. The predicted molar refractivity (Wildman–Crippen MR) is 91.9 cm³/mol. The van der Waals surface area contributed by atoms with Gasteiger partial charge in [0.15, 0.2) is 0 Å². The van der Waals surface area contributed by atoms with Gasteiger partial charge in [0.1, 0.15) is 12.9 Å². The van der Waals surface area contributed by atoms with Crippen LogP contribution in [0.25, 0.3) is 0 Å². The van der Waals surface area contributed by atoms with Gasteiger partial charge in [-0.15, -0.1) is 11.3 Å². The lowest BCUT2D eigenvalue weighted by atomic mass is 9.89. The van der Waals surface area contributed by atoms with Gasteiger partial charge < -0.3 is 9.64 Å². The van der Waals surface area contributed by atoms with Crippen molar-refractivity contribution in [2.45, 2.75) is 25.0 Å². The molecule has 7 heteroatoms. The number of hydrogen-bond acceptors (Lipinski definition) is 6. The van der Waals surface area contributed by atoms with Crippen molar-refractivity contribution < 1.29 is 9.53 Å². The van der Waals surface area contributed by atoms with Gasteiger partial charge in [0.25, 0.3) is 5.91 Å². The molecule has 0 bridgehead atoms. The summed E-state index contributed by atoms with van der Waals surface area (Å²) in [6.07, 6.45) is 6.74. The second-order valence-corrected chi connectivity index (χ2v) is 7.44. The minimum absolute atomic E-state index is 0.0172. The average Bonchev–Trinajstić information content (AvgIpc) is 3.13. The topological polar surface area (TPSA) is 58.6 Å². The third kappa shape index (κ3) is 3.19. The third-order valence-electron chi connectivity index (χ3n) is 4.83. The Labute approximate surface area is 145 Å². The van der Waals surface area contributed by atoms with Gasteiger partial charge in [-0.3, -0.25) is 9.69 Å². The molecule has 2 saturated heterocycles. The van der Waals surface area contributed by atoms with Gasteiger partial charge in [0.2, 0.25) is 0 Å². The van der Waals surface area contributed by atoms with E-state index in [1.54, 1.807) is 28.6 Å². The van der Waals surface area contributed by atoms with Crippen LogP contribution in [-0.4, -0.2) is 52.6 Å². The Morgan fingerprint density at radius 3 is 2.75 bits per heavy atom. The Balaban J connectivity index is 1.42. The molecule has 126 valence electrons. The lowest BCUT2D eigenvalue weighted by Gasteiger charge is -2.46. The van der Waals surface area contributed by atoms with Crippen molar-refractivity contribution in [3.63, 3.8) is 0 Å². The first-order chi connectivity index (χ1) is 11.7. The number of ether oxygens (including phenoxy) is 1. The van der Waals surface area contributed by atoms with Crippen molar-refractivity contribution >= 4 is 22.9 Å². The molecule has 4 rings (SSSR count). The first-order valence-corrected chi connectivity index (χ1v) is 9.06. The highest BCUT2D eigenvalue weighted by atomic mass is 32.1. The second-order valence-electron chi connectivity index (χ2n) is 6.40. The van der Waals surface area contributed by atoms with Gasteiger partial charge in [-0.05, 0) is 24.3 Å². The van der Waals surface area contributed by atoms with Gasteiger partial charge in [-0.2, -0.15) is 0 Å². The number of carbonyl (C=O) groups is 1. The Hall–Kier alpha value is -1.83. The molecular weight excluding hydrogens is 324 g/mol. The molecule has 2 aliphatic heterocycles. The highest BCUT2D eigenvalue weighted by molar-refractivity contribution is 7.09. The zero-order valence-corrected chi connectivity index (χ0v) is 14.2. The van der Waals surface area contributed by atoms with Crippen LogP contribution in [0.3, 0.4) is 0 Å². The minimum Gasteiger partial charge on any atom is -0.363 e. The summed E-state index contributed by atoms with van der Waals surface area (Å²) in [5, 5.41) is 2.12. The Bertz CT molecular complexity index is 684. The first kappa shape index (κ1) is 15.7. The molecule has 2 aromatic rings. The average molecular weight is 344 g/mol. The van der Waals surface area contributed by atoms with Crippen LogP contribution >= 0.6 is 11.3 Å². The number of carbonyl (C=O) groups excluding carboxylic acids is 1. The molecule has 24 heavy (non-hydrogen) atoms. The minimum atomic E-state index is -0.240. The van der Waals surface area contributed by atoms with E-state index in [1.807, 2.05) is 0 Å². The maximum atomic E-state index is 12.2. The summed E-state index contributed by atoms with van der Waals surface area (Å²) in [5.74, 6) is -0.0172. The number of aromatic nitrogens is 2. The zero-order valence-electron chi connectivity index (χ0n) is 13.4. The summed E-state index contributed by atoms with van der Waals surface area (Å²) in [6, 6.07) is 4.28. The first-order valence-electron chi connectivity index (χ1n) is 8.18. The third-order valence-corrected chi connectivity index (χ3v) is 5.70. The number of piperidine rings is 1. The molecule has 1 spiro atoms. The molecule has 0 N–H and O–H groups in total. The van der Waals surface area contributed by atoms with Crippen LogP contribution in [0, 0.1) is 0 Å². The van der Waals surface area contributed by atoms with Crippen molar-refractivity contribution in [3.8, 4) is 0 Å². The summed E-state index contributed by atoms with van der Waals surface area (Å²) >= 11 is 1.80. The molecule has 1 amide bonds. The molecule has 2 fully saturated rings. The van der Waals surface area contributed by atoms with Crippen LogP contribution in [-0.2, 0) is 16.1 Å². The fourth-order valence-corrected chi connectivity index (χ4v) is 4.17. The number of likely N-dealkylation sites (tertiary alicyclic amines) is 1. The predicted octanol–water partition coefficient (Wildman–Crippen LogP) is 1.94. The Kier molecular flexibility index (Phi) is 4.30. The quantitative estimate of drug-likeness (QED) is 0.852. The normalized spacial score (nSPS) is 21.3. The number of anilines is 1. The SMILES string of the molecule is O=C1COC2(CCN(Cc3cccs3)CC2)CN1c1cncnc1. The van der Waals surface area contributed by atoms with E-state index in [0.717, 1.165) is 38.2 Å². The van der Waals surface area contributed by atoms with Crippen LogP contribution in [0.5, 0.6) is 0 Å². The van der Waals surface area contributed by atoms with Gasteiger partial charge in [-0.1, -0.05) is 6.07 Å². The maximum absolute atomic E-state index is 12.2. The van der Waals surface area contributed by atoms with Crippen LogP contribution in [0.4, 0.5) is 5.69 Å². The fraction of sp³-hybridized carbons (Fsp3) is 0.471. The van der Waals surface area contributed by atoms with Gasteiger partial charge >= 0.3 is 0 Å². The largest absolute Gasteiger partial charge is 0.363 e. The number of nitrogens with zero attached hydrogens (tertiary/aromatic N) is 4. The van der Waals surface area contributed by atoms with Gasteiger partial charge in [0.05, 0.1) is 30.2 Å². The lowest BCUT2D eigenvalue weighted by Crippen LogP contribution is -2.58. The number of rotatable bonds is 3. The summed E-state index contributed by atoms with van der Waals surface area (Å²) < 4.78 is 6.00. The van der Waals surface area contributed by atoms with Crippen LogP contribution in [0.15, 0.2) is 36.2 Å². The fourth-order valence-electron chi connectivity index (χ4n) is 3.42. The molecule has 0 aromatic carbocycles. The van der Waals surface area contributed by atoms with Crippen molar-refractivity contribution in [1.82, 2.24) is 14.9 Å². The van der Waals surface area contributed by atoms with Crippen molar-refractivity contribution in [1.29, 1.82) is 0 Å². The highest BCUT2D eigenvalue weighted by Gasteiger charge is 2.42. The van der Waals surface area contributed by atoms with Gasteiger partial charge in [-0.25, -0.2) is 9.97 Å². The number of hydrogen-bond donors (Lipinski definition) is 0. The summed E-state index contributed by atoms with van der Waals surface area (Å²) in [6.45, 7) is 3.71. The van der Waals surface area contributed by atoms with E-state index in [-0.39, 0.29) is 18.1 Å². The van der Waals surface area contributed by atoms with E-state index in [2.05, 4.69) is 32.4 Å². The van der Waals surface area contributed by atoms with E-state index in [4.69, 9.17) is 4.74 Å². The number of thiophene rings is 1. The summed E-state index contributed by atoms with van der Waals surface area (Å²) in [7, 11) is 0. The standard InChI is InChI=1S/C17H20N4O2S/c22-16-11-23-17(12-21(16)14-8-18-13-19-9-14)3-5-20(6-4-17)10-15-2-1-7-24-15/h1-2,7-9,13H,3-6,10-12H2. The Morgan fingerprint density at radius 1 is 1.25 bits per heavy atom. The molecule has 2 aromatic heterocycles. The molecule has 0 aliphatic carbocycles. The summed E-state index contributed by atoms with van der Waals surface area (Å²) in [5.41, 5.74) is 0.515. The monoisotopic (exact) mass is 344 g/mol. The second kappa shape index (κ2) is 6.58. The molecule has 6 nitrogen and oxygen atoms in total. The number of amides is 1. The number of morpholine rings is 1. The molecule has 4 heterocycles.